The van der Waals surface area contributed by atoms with E-state index in [4.69, 9.17) is 11.6 Å². The standard InChI is InChI=1S/C11H14ClFN2/c1-8-7-15(5-4-14-8)9-2-3-11(13)10(12)6-9/h2-3,6,8,14H,4-5,7H2,1H3. The monoisotopic (exact) mass is 228 g/mol. The van der Waals surface area contributed by atoms with E-state index in [9.17, 15) is 4.39 Å². The molecule has 15 heavy (non-hydrogen) atoms. The maximum absolute atomic E-state index is 13.0. The average molecular weight is 229 g/mol. The first-order valence-electron chi connectivity index (χ1n) is 5.10. The molecule has 1 aliphatic rings. The SMILES string of the molecule is CC1CN(c2ccc(F)c(Cl)c2)CCN1. The summed E-state index contributed by atoms with van der Waals surface area (Å²) in [5.74, 6) is -0.358. The average Bonchev–Trinajstić information content (AvgIpc) is 2.22. The minimum Gasteiger partial charge on any atom is -0.369 e. The van der Waals surface area contributed by atoms with E-state index in [2.05, 4.69) is 17.1 Å². The normalized spacial score (nSPS) is 21.8. The molecule has 82 valence electrons. The number of nitrogens with one attached hydrogen (secondary N) is 1. The van der Waals surface area contributed by atoms with E-state index < -0.39 is 0 Å². The van der Waals surface area contributed by atoms with E-state index in [1.807, 2.05) is 0 Å². The van der Waals surface area contributed by atoms with Crippen molar-refractivity contribution in [3.63, 3.8) is 0 Å². The van der Waals surface area contributed by atoms with Crippen LogP contribution in [-0.4, -0.2) is 25.7 Å². The zero-order chi connectivity index (χ0) is 10.8. The second kappa shape index (κ2) is 4.37. The van der Waals surface area contributed by atoms with Crippen LogP contribution in [0, 0.1) is 5.82 Å². The van der Waals surface area contributed by atoms with E-state index in [1.165, 1.54) is 6.07 Å². The van der Waals surface area contributed by atoms with Gasteiger partial charge >= 0.3 is 0 Å². The van der Waals surface area contributed by atoms with Crippen LogP contribution >= 0.6 is 11.6 Å². The lowest BCUT2D eigenvalue weighted by Crippen LogP contribution is -2.49. The summed E-state index contributed by atoms with van der Waals surface area (Å²) in [6.07, 6.45) is 0. The Balaban J connectivity index is 2.18. The Morgan fingerprint density at radius 2 is 2.33 bits per heavy atom. The third-order valence-corrected chi connectivity index (χ3v) is 2.93. The molecule has 1 N–H and O–H groups in total. The lowest BCUT2D eigenvalue weighted by atomic mass is 10.2. The summed E-state index contributed by atoms with van der Waals surface area (Å²) in [5.41, 5.74) is 0.995. The Labute approximate surface area is 94.0 Å². The van der Waals surface area contributed by atoms with Crippen molar-refractivity contribution in [3.05, 3.63) is 29.0 Å². The van der Waals surface area contributed by atoms with Crippen LogP contribution in [0.15, 0.2) is 18.2 Å². The van der Waals surface area contributed by atoms with E-state index in [1.54, 1.807) is 12.1 Å². The van der Waals surface area contributed by atoms with Crippen LogP contribution in [-0.2, 0) is 0 Å². The second-order valence-corrected chi connectivity index (χ2v) is 4.31. The number of nitrogens with zero attached hydrogens (tertiary/aromatic N) is 1. The van der Waals surface area contributed by atoms with Crippen molar-refractivity contribution in [1.82, 2.24) is 5.32 Å². The van der Waals surface area contributed by atoms with Gasteiger partial charge in [-0.05, 0) is 25.1 Å². The van der Waals surface area contributed by atoms with Gasteiger partial charge in [0.15, 0.2) is 0 Å². The Morgan fingerprint density at radius 3 is 3.00 bits per heavy atom. The fourth-order valence-corrected chi connectivity index (χ4v) is 2.02. The summed E-state index contributed by atoms with van der Waals surface area (Å²) in [4.78, 5) is 2.21. The van der Waals surface area contributed by atoms with E-state index in [0.29, 0.717) is 6.04 Å². The van der Waals surface area contributed by atoms with Crippen LogP contribution in [0.25, 0.3) is 0 Å². The lowest BCUT2D eigenvalue weighted by Gasteiger charge is -2.33. The van der Waals surface area contributed by atoms with Crippen molar-refractivity contribution in [1.29, 1.82) is 0 Å². The highest BCUT2D eigenvalue weighted by Crippen LogP contribution is 2.23. The molecule has 0 aliphatic carbocycles. The first-order valence-corrected chi connectivity index (χ1v) is 5.48. The van der Waals surface area contributed by atoms with Gasteiger partial charge in [0.2, 0.25) is 0 Å². The molecule has 2 rings (SSSR count). The van der Waals surface area contributed by atoms with Crippen molar-refractivity contribution in [2.75, 3.05) is 24.5 Å². The van der Waals surface area contributed by atoms with Crippen LogP contribution in [0.5, 0.6) is 0 Å². The minimum atomic E-state index is -0.358. The molecule has 1 aromatic carbocycles. The highest BCUT2D eigenvalue weighted by atomic mass is 35.5. The van der Waals surface area contributed by atoms with Crippen LogP contribution in [0.2, 0.25) is 5.02 Å². The van der Waals surface area contributed by atoms with Crippen molar-refractivity contribution in [3.8, 4) is 0 Å². The number of halogens is 2. The molecule has 1 aromatic rings. The Kier molecular flexibility index (Phi) is 3.12. The van der Waals surface area contributed by atoms with Crippen molar-refractivity contribution in [2.24, 2.45) is 0 Å². The molecule has 2 nitrogen and oxygen atoms in total. The highest BCUT2D eigenvalue weighted by Gasteiger charge is 2.16. The van der Waals surface area contributed by atoms with Crippen molar-refractivity contribution < 1.29 is 4.39 Å². The number of anilines is 1. The summed E-state index contributed by atoms with van der Waals surface area (Å²) in [6, 6.07) is 5.35. The van der Waals surface area contributed by atoms with Gasteiger partial charge in [-0.25, -0.2) is 4.39 Å². The molecule has 1 atom stereocenters. The van der Waals surface area contributed by atoms with E-state index in [-0.39, 0.29) is 10.8 Å². The molecule has 0 amide bonds. The van der Waals surface area contributed by atoms with Gasteiger partial charge in [-0.1, -0.05) is 11.6 Å². The Bertz CT molecular complexity index is 356. The van der Waals surface area contributed by atoms with Gasteiger partial charge in [0, 0.05) is 31.4 Å². The smallest absolute Gasteiger partial charge is 0.141 e. The first kappa shape index (κ1) is 10.7. The molecule has 1 heterocycles. The molecule has 1 fully saturated rings. The molecule has 1 unspecified atom stereocenters. The van der Waals surface area contributed by atoms with Gasteiger partial charge in [-0.2, -0.15) is 0 Å². The van der Waals surface area contributed by atoms with Gasteiger partial charge in [-0.3, -0.25) is 0 Å². The van der Waals surface area contributed by atoms with Gasteiger partial charge in [0.05, 0.1) is 5.02 Å². The molecule has 0 aromatic heterocycles. The predicted molar refractivity (Wildman–Crippen MR) is 61.1 cm³/mol. The lowest BCUT2D eigenvalue weighted by molar-refractivity contribution is 0.484. The zero-order valence-electron chi connectivity index (χ0n) is 8.63. The number of piperazine rings is 1. The third kappa shape index (κ3) is 2.41. The maximum Gasteiger partial charge on any atom is 0.141 e. The van der Waals surface area contributed by atoms with Gasteiger partial charge in [0.1, 0.15) is 5.82 Å². The Morgan fingerprint density at radius 1 is 1.53 bits per heavy atom. The number of hydrogen-bond donors (Lipinski definition) is 1. The first-order chi connectivity index (χ1) is 7.16. The number of benzene rings is 1. The highest BCUT2D eigenvalue weighted by molar-refractivity contribution is 6.31. The van der Waals surface area contributed by atoms with Gasteiger partial charge in [-0.15, -0.1) is 0 Å². The molecule has 0 bridgehead atoms. The van der Waals surface area contributed by atoms with Crippen LogP contribution in [0.1, 0.15) is 6.92 Å². The molecule has 0 spiro atoms. The van der Waals surface area contributed by atoms with Gasteiger partial charge < -0.3 is 10.2 Å². The predicted octanol–water partition coefficient (Wildman–Crippen LogP) is 2.28. The second-order valence-electron chi connectivity index (χ2n) is 3.90. The van der Waals surface area contributed by atoms with Gasteiger partial charge in [0.25, 0.3) is 0 Å². The fraction of sp³-hybridized carbons (Fsp3) is 0.455. The van der Waals surface area contributed by atoms with Crippen molar-refractivity contribution >= 4 is 17.3 Å². The van der Waals surface area contributed by atoms with Crippen molar-refractivity contribution in [2.45, 2.75) is 13.0 Å². The number of hydrogen-bond acceptors (Lipinski definition) is 2. The fourth-order valence-electron chi connectivity index (χ4n) is 1.85. The minimum absolute atomic E-state index is 0.193. The van der Waals surface area contributed by atoms with E-state index >= 15 is 0 Å². The summed E-state index contributed by atoms with van der Waals surface area (Å²) >= 11 is 5.75. The third-order valence-electron chi connectivity index (χ3n) is 2.64. The molecule has 0 radical (unpaired) electrons. The summed E-state index contributed by atoms with van der Waals surface area (Å²) < 4.78 is 13.0. The quantitative estimate of drug-likeness (QED) is 0.794. The molecule has 1 aliphatic heterocycles. The van der Waals surface area contributed by atoms with Crippen LogP contribution < -0.4 is 10.2 Å². The molecule has 0 saturated carbocycles. The zero-order valence-corrected chi connectivity index (χ0v) is 9.39. The summed E-state index contributed by atoms with van der Waals surface area (Å²) in [7, 11) is 0. The number of rotatable bonds is 1. The van der Waals surface area contributed by atoms with Crippen LogP contribution in [0.4, 0.5) is 10.1 Å². The maximum atomic E-state index is 13.0. The topological polar surface area (TPSA) is 15.3 Å². The van der Waals surface area contributed by atoms with Crippen LogP contribution in [0.3, 0.4) is 0 Å². The molecule has 4 heteroatoms. The Hall–Kier alpha value is -0.800. The molecule has 1 saturated heterocycles. The summed E-state index contributed by atoms with van der Waals surface area (Å²) in [6.45, 7) is 4.96. The molecular weight excluding hydrogens is 215 g/mol. The molecular formula is C11H14ClFN2. The van der Waals surface area contributed by atoms with E-state index in [0.717, 1.165) is 25.3 Å². The summed E-state index contributed by atoms with van der Waals surface area (Å²) in [5, 5.41) is 3.55. The largest absolute Gasteiger partial charge is 0.369 e.